The van der Waals surface area contributed by atoms with E-state index in [1.54, 1.807) is 56.3 Å². The molecule has 2 aromatic rings. The summed E-state index contributed by atoms with van der Waals surface area (Å²) in [6.07, 6.45) is 3.18. The van der Waals surface area contributed by atoms with E-state index < -0.39 is 5.60 Å². The van der Waals surface area contributed by atoms with Crippen LogP contribution in [-0.2, 0) is 4.79 Å². The average molecular weight is 486 g/mol. The van der Waals surface area contributed by atoms with E-state index in [2.05, 4.69) is 11.4 Å². The summed E-state index contributed by atoms with van der Waals surface area (Å²) >= 11 is 12.1. The van der Waals surface area contributed by atoms with Gasteiger partial charge in [0, 0.05) is 28.7 Å². The number of nitrogens with one attached hydrogen (secondary N) is 1. The maximum Gasteiger partial charge on any atom is 0.263 e. The first-order valence-electron chi connectivity index (χ1n) is 11.0. The summed E-state index contributed by atoms with van der Waals surface area (Å²) in [5.41, 5.74) is -0.137. The van der Waals surface area contributed by atoms with Gasteiger partial charge in [0.15, 0.2) is 5.60 Å². The molecule has 0 spiro atoms. The van der Waals surface area contributed by atoms with Crippen LogP contribution in [-0.4, -0.2) is 40.4 Å². The molecular weight excluding hydrogens is 461 g/mol. The molecule has 0 aromatic heterocycles. The van der Waals surface area contributed by atoms with Crippen LogP contribution in [0.5, 0.6) is 5.75 Å². The van der Waals surface area contributed by atoms with Gasteiger partial charge in [-0.05, 0) is 75.9 Å². The van der Waals surface area contributed by atoms with Crippen molar-refractivity contribution in [3.05, 3.63) is 63.6 Å². The van der Waals surface area contributed by atoms with Crippen LogP contribution in [0.3, 0.4) is 0 Å². The summed E-state index contributed by atoms with van der Waals surface area (Å²) in [6, 6.07) is 13.8. The molecule has 0 aliphatic carbocycles. The lowest BCUT2D eigenvalue weighted by Gasteiger charge is -2.40. The molecule has 33 heavy (non-hydrogen) atoms. The standard InChI is InChI=1S/C25H25Cl2N3O3/c1-25(2,33-22-9-6-17(26)11-21(22)27)24(32)29-18-12-19-7-8-20(13-18)30(19)23(31)16-5-3-4-15(10-16)14-28/h3-6,9-11,18-20H,7-8,12-13H2,1-2H3,(H,29,32)/t18-,19+,20-. The van der Waals surface area contributed by atoms with Gasteiger partial charge in [-0.3, -0.25) is 9.59 Å². The zero-order valence-corrected chi connectivity index (χ0v) is 20.0. The van der Waals surface area contributed by atoms with Crippen molar-refractivity contribution in [3.8, 4) is 11.8 Å². The monoisotopic (exact) mass is 485 g/mol. The van der Waals surface area contributed by atoms with Crippen LogP contribution in [0.2, 0.25) is 10.0 Å². The minimum atomic E-state index is -1.14. The van der Waals surface area contributed by atoms with E-state index in [-0.39, 0.29) is 29.9 Å². The highest BCUT2D eigenvalue weighted by Crippen LogP contribution is 2.37. The van der Waals surface area contributed by atoms with Crippen LogP contribution in [0.1, 0.15) is 55.5 Å². The van der Waals surface area contributed by atoms with Crippen LogP contribution in [0.15, 0.2) is 42.5 Å². The molecule has 2 heterocycles. The summed E-state index contributed by atoms with van der Waals surface area (Å²) in [5, 5.41) is 13.1. The normalized spacial score (nSPS) is 21.9. The Balaban J connectivity index is 1.41. The number of rotatable bonds is 5. The van der Waals surface area contributed by atoms with Crippen molar-refractivity contribution in [1.82, 2.24) is 10.2 Å². The number of amides is 2. The van der Waals surface area contributed by atoms with E-state index in [1.165, 1.54) is 0 Å². The zero-order valence-electron chi connectivity index (χ0n) is 18.5. The Morgan fingerprint density at radius 1 is 1.12 bits per heavy atom. The average Bonchev–Trinajstić information content (AvgIpc) is 3.05. The Morgan fingerprint density at radius 2 is 1.82 bits per heavy atom. The first kappa shape index (κ1) is 23.4. The molecule has 2 fully saturated rings. The number of nitriles is 1. The van der Waals surface area contributed by atoms with Crippen molar-refractivity contribution in [2.75, 3.05) is 0 Å². The Labute approximate surface area is 203 Å². The highest BCUT2D eigenvalue weighted by Gasteiger charge is 2.45. The molecule has 6 nitrogen and oxygen atoms in total. The van der Waals surface area contributed by atoms with Crippen LogP contribution >= 0.6 is 23.2 Å². The molecule has 2 saturated heterocycles. The summed E-state index contributed by atoms with van der Waals surface area (Å²) in [4.78, 5) is 28.1. The molecule has 172 valence electrons. The molecule has 2 aliphatic heterocycles. The number of ether oxygens (including phenoxy) is 1. The van der Waals surface area contributed by atoms with Crippen LogP contribution < -0.4 is 10.1 Å². The van der Waals surface area contributed by atoms with Gasteiger partial charge in [-0.2, -0.15) is 5.26 Å². The van der Waals surface area contributed by atoms with Crippen molar-refractivity contribution >= 4 is 35.0 Å². The fourth-order valence-electron chi connectivity index (χ4n) is 4.74. The number of fused-ring (bicyclic) bond motifs is 2. The lowest BCUT2D eigenvalue weighted by Crippen LogP contribution is -2.56. The van der Waals surface area contributed by atoms with Gasteiger partial charge in [0.1, 0.15) is 5.75 Å². The smallest absolute Gasteiger partial charge is 0.263 e. The minimum absolute atomic E-state index is 0.0481. The lowest BCUT2D eigenvalue weighted by molar-refractivity contribution is -0.135. The second kappa shape index (κ2) is 9.24. The number of nitrogens with zero attached hydrogens (tertiary/aromatic N) is 2. The Morgan fingerprint density at radius 3 is 2.45 bits per heavy atom. The second-order valence-corrected chi connectivity index (χ2v) is 9.96. The maximum atomic E-state index is 13.2. The number of piperidine rings is 1. The van der Waals surface area contributed by atoms with Gasteiger partial charge in [-0.15, -0.1) is 0 Å². The van der Waals surface area contributed by atoms with Gasteiger partial charge in [0.2, 0.25) is 0 Å². The summed E-state index contributed by atoms with van der Waals surface area (Å²) in [6.45, 7) is 3.39. The van der Waals surface area contributed by atoms with Gasteiger partial charge in [0.25, 0.3) is 11.8 Å². The number of hydrogen-bond acceptors (Lipinski definition) is 4. The highest BCUT2D eigenvalue weighted by atomic mass is 35.5. The molecular formula is C25H25Cl2N3O3. The number of hydrogen-bond donors (Lipinski definition) is 1. The number of benzene rings is 2. The zero-order chi connectivity index (χ0) is 23.8. The first-order chi connectivity index (χ1) is 15.7. The van der Waals surface area contributed by atoms with Gasteiger partial charge >= 0.3 is 0 Å². The number of carbonyl (C=O) groups is 2. The first-order valence-corrected chi connectivity index (χ1v) is 11.7. The van der Waals surface area contributed by atoms with Crippen molar-refractivity contribution in [2.24, 2.45) is 0 Å². The second-order valence-electron chi connectivity index (χ2n) is 9.12. The van der Waals surface area contributed by atoms with Crippen molar-refractivity contribution in [3.63, 3.8) is 0 Å². The summed E-state index contributed by atoms with van der Waals surface area (Å²) in [5.74, 6) is 0.103. The van der Waals surface area contributed by atoms with Gasteiger partial charge in [0.05, 0.1) is 16.7 Å². The molecule has 4 rings (SSSR count). The Kier molecular flexibility index (Phi) is 6.56. The van der Waals surface area contributed by atoms with Crippen LogP contribution in [0, 0.1) is 11.3 Å². The van der Waals surface area contributed by atoms with Gasteiger partial charge in [-0.1, -0.05) is 29.3 Å². The molecule has 8 heteroatoms. The molecule has 0 unspecified atom stereocenters. The van der Waals surface area contributed by atoms with Crippen molar-refractivity contribution in [2.45, 2.75) is 63.3 Å². The highest BCUT2D eigenvalue weighted by molar-refractivity contribution is 6.35. The third-order valence-electron chi connectivity index (χ3n) is 6.35. The van der Waals surface area contributed by atoms with Crippen molar-refractivity contribution in [1.29, 1.82) is 5.26 Å². The molecule has 0 saturated carbocycles. The van der Waals surface area contributed by atoms with E-state index in [4.69, 9.17) is 33.2 Å². The molecule has 1 N–H and O–H groups in total. The maximum absolute atomic E-state index is 13.2. The predicted molar refractivity (Wildman–Crippen MR) is 126 cm³/mol. The van der Waals surface area contributed by atoms with Crippen molar-refractivity contribution < 1.29 is 14.3 Å². The van der Waals surface area contributed by atoms with E-state index in [0.717, 1.165) is 12.8 Å². The quantitative estimate of drug-likeness (QED) is 0.647. The van der Waals surface area contributed by atoms with E-state index >= 15 is 0 Å². The fourth-order valence-corrected chi connectivity index (χ4v) is 5.18. The molecule has 2 aliphatic rings. The topological polar surface area (TPSA) is 82.4 Å². The summed E-state index contributed by atoms with van der Waals surface area (Å²) in [7, 11) is 0. The number of carbonyl (C=O) groups excluding carboxylic acids is 2. The van der Waals surface area contributed by atoms with E-state index in [0.29, 0.717) is 39.8 Å². The largest absolute Gasteiger partial charge is 0.476 e. The minimum Gasteiger partial charge on any atom is -0.476 e. The lowest BCUT2D eigenvalue weighted by atomic mass is 9.95. The summed E-state index contributed by atoms with van der Waals surface area (Å²) < 4.78 is 5.91. The third kappa shape index (κ3) is 4.95. The third-order valence-corrected chi connectivity index (χ3v) is 6.88. The van der Waals surface area contributed by atoms with Crippen LogP contribution in [0.25, 0.3) is 0 Å². The predicted octanol–water partition coefficient (Wildman–Crippen LogP) is 4.97. The molecule has 2 bridgehead atoms. The van der Waals surface area contributed by atoms with Crippen LogP contribution in [0.4, 0.5) is 0 Å². The van der Waals surface area contributed by atoms with E-state index in [1.807, 2.05) is 4.90 Å². The molecule has 2 aromatic carbocycles. The molecule has 3 atom stereocenters. The van der Waals surface area contributed by atoms with Gasteiger partial charge < -0.3 is 15.0 Å². The number of halogens is 2. The molecule has 0 radical (unpaired) electrons. The van der Waals surface area contributed by atoms with Gasteiger partial charge in [-0.25, -0.2) is 0 Å². The molecule has 2 amide bonds. The SMILES string of the molecule is CC(C)(Oc1ccc(Cl)cc1Cl)C(=O)N[C@H]1C[C@H]2CC[C@@H](C1)N2C(=O)c1cccc(C#N)c1. The Bertz CT molecular complexity index is 1110. The fraction of sp³-hybridized carbons (Fsp3) is 0.400. The Hall–Kier alpha value is -2.75. The van der Waals surface area contributed by atoms with E-state index in [9.17, 15) is 9.59 Å².